The molecule has 0 aromatic heterocycles. The van der Waals surface area contributed by atoms with Crippen LogP contribution in [0.5, 0.6) is 0 Å². The summed E-state index contributed by atoms with van der Waals surface area (Å²) in [7, 11) is -4.26. The van der Waals surface area contributed by atoms with Crippen molar-refractivity contribution >= 4 is 33.3 Å². The summed E-state index contributed by atoms with van der Waals surface area (Å²) in [4.78, 5) is 13.0. The quantitative estimate of drug-likeness (QED) is 0.676. The van der Waals surface area contributed by atoms with E-state index in [2.05, 4.69) is 0 Å². The van der Waals surface area contributed by atoms with E-state index in [9.17, 15) is 13.2 Å². The molecule has 1 aromatic rings. The molecule has 98 valence electrons. The van der Waals surface area contributed by atoms with Crippen molar-refractivity contribution in [3.8, 4) is 0 Å². The van der Waals surface area contributed by atoms with Crippen molar-refractivity contribution in [2.24, 2.45) is 5.92 Å². The van der Waals surface area contributed by atoms with Gasteiger partial charge in [-0.3, -0.25) is 9.35 Å². The number of amides is 1. The maximum absolute atomic E-state index is 11.8. The van der Waals surface area contributed by atoms with Gasteiger partial charge < -0.3 is 4.90 Å². The number of anilines is 1. The van der Waals surface area contributed by atoms with Gasteiger partial charge in [-0.1, -0.05) is 6.07 Å². The molecule has 0 radical (unpaired) electrons. The molecule has 18 heavy (non-hydrogen) atoms. The smallest absolute Gasteiger partial charge is 0.294 e. The van der Waals surface area contributed by atoms with E-state index >= 15 is 0 Å². The minimum Gasteiger partial charge on any atom is -0.312 e. The number of carbonyl (C=O) groups is 1. The predicted octanol–water partition coefficient (Wildman–Crippen LogP) is 1.53. The fraction of sp³-hybridized carbons (Fsp3) is 0.364. The predicted molar refractivity (Wildman–Crippen MR) is 67.4 cm³/mol. The molecule has 1 unspecified atom stereocenters. The first-order valence-electron chi connectivity index (χ1n) is 5.35. The van der Waals surface area contributed by atoms with Gasteiger partial charge in [0, 0.05) is 24.5 Å². The molecule has 0 bridgehead atoms. The Labute approximate surface area is 110 Å². The van der Waals surface area contributed by atoms with Crippen LogP contribution in [0.15, 0.2) is 29.2 Å². The standard InChI is InChI=1S/C11H12ClNO4S/c12-6-8-4-11(14)13(7-8)9-2-1-3-10(5-9)18(15,16)17/h1-3,5,8H,4,6-7H2,(H,15,16,17). The average Bonchev–Trinajstić information content (AvgIpc) is 2.70. The number of hydrogen-bond acceptors (Lipinski definition) is 3. The summed E-state index contributed by atoms with van der Waals surface area (Å²) in [6, 6.07) is 5.67. The van der Waals surface area contributed by atoms with Gasteiger partial charge in [-0.15, -0.1) is 11.6 Å². The summed E-state index contributed by atoms with van der Waals surface area (Å²) in [5.74, 6) is 0.377. The van der Waals surface area contributed by atoms with Crippen molar-refractivity contribution in [3.05, 3.63) is 24.3 Å². The zero-order valence-electron chi connectivity index (χ0n) is 9.41. The number of benzene rings is 1. The van der Waals surface area contributed by atoms with Crippen molar-refractivity contribution in [1.29, 1.82) is 0 Å². The molecule has 0 saturated carbocycles. The van der Waals surface area contributed by atoms with E-state index in [0.717, 1.165) is 0 Å². The molecule has 1 aliphatic rings. The molecule has 1 fully saturated rings. The summed E-state index contributed by atoms with van der Waals surface area (Å²) in [6.45, 7) is 0.470. The van der Waals surface area contributed by atoms with Gasteiger partial charge in [-0.25, -0.2) is 0 Å². The number of carbonyl (C=O) groups excluding carboxylic acids is 1. The van der Waals surface area contributed by atoms with Gasteiger partial charge in [-0.05, 0) is 24.1 Å². The normalized spacial score (nSPS) is 20.4. The second-order valence-corrected chi connectivity index (χ2v) is 5.93. The van der Waals surface area contributed by atoms with Crippen LogP contribution in [0, 0.1) is 5.92 Å². The zero-order chi connectivity index (χ0) is 13.3. The van der Waals surface area contributed by atoms with Crippen LogP contribution in [0.3, 0.4) is 0 Å². The van der Waals surface area contributed by atoms with Crippen LogP contribution in [0.4, 0.5) is 5.69 Å². The van der Waals surface area contributed by atoms with Gasteiger partial charge >= 0.3 is 0 Å². The number of halogens is 1. The first kappa shape index (κ1) is 13.3. The van der Waals surface area contributed by atoms with Crippen molar-refractivity contribution in [2.45, 2.75) is 11.3 Å². The summed E-state index contributed by atoms with van der Waals surface area (Å²) < 4.78 is 31.0. The minimum atomic E-state index is -4.26. The van der Waals surface area contributed by atoms with Gasteiger partial charge in [0.2, 0.25) is 5.91 Å². The molecule has 1 heterocycles. The Morgan fingerprint density at radius 3 is 2.72 bits per heavy atom. The third kappa shape index (κ3) is 2.66. The Morgan fingerprint density at radius 1 is 1.44 bits per heavy atom. The van der Waals surface area contributed by atoms with Crippen LogP contribution in [0.1, 0.15) is 6.42 Å². The lowest BCUT2D eigenvalue weighted by Crippen LogP contribution is -2.24. The van der Waals surface area contributed by atoms with E-state index in [1.165, 1.54) is 23.1 Å². The van der Waals surface area contributed by atoms with E-state index in [4.69, 9.17) is 16.2 Å². The molecule has 1 N–H and O–H groups in total. The van der Waals surface area contributed by atoms with Crippen molar-refractivity contribution < 1.29 is 17.8 Å². The maximum atomic E-state index is 11.8. The van der Waals surface area contributed by atoms with E-state index in [1.807, 2.05) is 0 Å². The number of alkyl halides is 1. The summed E-state index contributed by atoms with van der Waals surface area (Å²) >= 11 is 5.71. The Hall–Kier alpha value is -1.11. The average molecular weight is 290 g/mol. The Bertz CT molecular complexity index is 572. The van der Waals surface area contributed by atoms with Crippen LogP contribution in [-0.4, -0.2) is 31.3 Å². The van der Waals surface area contributed by atoms with Crippen molar-refractivity contribution in [1.82, 2.24) is 0 Å². The monoisotopic (exact) mass is 289 g/mol. The molecule has 0 aliphatic carbocycles. The topological polar surface area (TPSA) is 74.7 Å². The molecule has 5 nitrogen and oxygen atoms in total. The van der Waals surface area contributed by atoms with Crippen molar-refractivity contribution in [2.75, 3.05) is 17.3 Å². The first-order chi connectivity index (χ1) is 8.41. The maximum Gasteiger partial charge on any atom is 0.294 e. The summed E-state index contributed by atoms with van der Waals surface area (Å²) in [5.41, 5.74) is 0.461. The number of hydrogen-bond donors (Lipinski definition) is 1. The van der Waals surface area contributed by atoms with Gasteiger partial charge in [0.05, 0.1) is 4.90 Å². The lowest BCUT2D eigenvalue weighted by atomic mass is 10.1. The van der Waals surface area contributed by atoms with E-state index in [1.54, 1.807) is 6.07 Å². The van der Waals surface area contributed by atoms with Gasteiger partial charge in [0.25, 0.3) is 10.1 Å². The second-order valence-electron chi connectivity index (χ2n) is 4.20. The largest absolute Gasteiger partial charge is 0.312 e. The van der Waals surface area contributed by atoms with Gasteiger partial charge in [0.15, 0.2) is 0 Å². The third-order valence-electron chi connectivity index (χ3n) is 2.85. The SMILES string of the molecule is O=C1CC(CCl)CN1c1cccc(S(=O)(=O)O)c1. The fourth-order valence-electron chi connectivity index (χ4n) is 1.95. The summed E-state index contributed by atoms with van der Waals surface area (Å²) in [6.07, 6.45) is 0.361. The fourth-order valence-corrected chi connectivity index (χ4v) is 2.67. The number of nitrogens with zero attached hydrogens (tertiary/aromatic N) is 1. The Kier molecular flexibility index (Phi) is 3.61. The molecule has 2 rings (SSSR count). The molecular weight excluding hydrogens is 278 g/mol. The highest BCUT2D eigenvalue weighted by molar-refractivity contribution is 7.85. The minimum absolute atomic E-state index is 0.0774. The van der Waals surface area contributed by atoms with Crippen LogP contribution < -0.4 is 4.90 Å². The van der Waals surface area contributed by atoms with Crippen LogP contribution in [0.2, 0.25) is 0 Å². The van der Waals surface area contributed by atoms with E-state index in [0.29, 0.717) is 24.5 Å². The molecule has 1 aliphatic heterocycles. The van der Waals surface area contributed by atoms with Crippen molar-refractivity contribution in [3.63, 3.8) is 0 Å². The molecule has 0 spiro atoms. The van der Waals surface area contributed by atoms with Gasteiger partial charge in [0.1, 0.15) is 0 Å². The molecule has 1 saturated heterocycles. The number of rotatable bonds is 3. The highest BCUT2D eigenvalue weighted by Crippen LogP contribution is 2.27. The van der Waals surface area contributed by atoms with Crippen LogP contribution in [0.25, 0.3) is 0 Å². The van der Waals surface area contributed by atoms with Crippen LogP contribution >= 0.6 is 11.6 Å². The van der Waals surface area contributed by atoms with E-state index in [-0.39, 0.29) is 16.7 Å². The highest BCUT2D eigenvalue weighted by Gasteiger charge is 2.30. The van der Waals surface area contributed by atoms with Gasteiger partial charge in [-0.2, -0.15) is 8.42 Å². The molecule has 1 aromatic carbocycles. The second kappa shape index (κ2) is 4.87. The Balaban J connectivity index is 2.32. The molecular formula is C11H12ClNO4S. The molecule has 1 amide bonds. The molecule has 1 atom stereocenters. The zero-order valence-corrected chi connectivity index (χ0v) is 11.0. The Morgan fingerprint density at radius 2 is 2.17 bits per heavy atom. The highest BCUT2D eigenvalue weighted by atomic mass is 35.5. The lowest BCUT2D eigenvalue weighted by Gasteiger charge is -2.16. The lowest BCUT2D eigenvalue weighted by molar-refractivity contribution is -0.117. The van der Waals surface area contributed by atoms with Crippen LogP contribution in [-0.2, 0) is 14.9 Å². The first-order valence-corrected chi connectivity index (χ1v) is 7.33. The molecule has 7 heteroatoms. The van der Waals surface area contributed by atoms with E-state index < -0.39 is 10.1 Å². The third-order valence-corrected chi connectivity index (χ3v) is 4.14. The summed E-state index contributed by atoms with van der Waals surface area (Å²) in [5, 5.41) is 0.